The molecule has 0 aliphatic rings. The SMILES string of the molecule is CCc1[nH]nc(C(=O)NCc2ccccc2Cl)c1N. The number of aromatic amines is 1. The fourth-order valence-electron chi connectivity index (χ4n) is 1.73. The van der Waals surface area contributed by atoms with Gasteiger partial charge in [-0.2, -0.15) is 5.10 Å². The van der Waals surface area contributed by atoms with Crippen molar-refractivity contribution in [1.29, 1.82) is 0 Å². The predicted octanol–water partition coefficient (Wildman–Crippen LogP) is 2.14. The van der Waals surface area contributed by atoms with Gasteiger partial charge in [0.1, 0.15) is 0 Å². The lowest BCUT2D eigenvalue weighted by molar-refractivity contribution is 0.0947. The number of nitrogens with two attached hydrogens (primary N) is 1. The largest absolute Gasteiger partial charge is 0.395 e. The Morgan fingerprint density at radius 1 is 1.47 bits per heavy atom. The number of carbonyl (C=O) groups is 1. The highest BCUT2D eigenvalue weighted by Crippen LogP contribution is 2.16. The molecule has 100 valence electrons. The Morgan fingerprint density at radius 3 is 2.84 bits per heavy atom. The van der Waals surface area contributed by atoms with Crippen LogP contribution in [0, 0.1) is 0 Å². The van der Waals surface area contributed by atoms with E-state index in [1.807, 2.05) is 25.1 Å². The summed E-state index contributed by atoms with van der Waals surface area (Å²) in [5.74, 6) is -0.312. The number of amides is 1. The third kappa shape index (κ3) is 2.88. The minimum absolute atomic E-state index is 0.226. The molecular weight excluding hydrogens is 264 g/mol. The van der Waals surface area contributed by atoms with E-state index in [0.29, 0.717) is 23.7 Å². The van der Waals surface area contributed by atoms with Gasteiger partial charge in [-0.25, -0.2) is 0 Å². The second-order valence-corrected chi connectivity index (χ2v) is 4.50. The van der Waals surface area contributed by atoms with Crippen LogP contribution in [0.15, 0.2) is 24.3 Å². The van der Waals surface area contributed by atoms with Crippen molar-refractivity contribution in [3.05, 3.63) is 46.2 Å². The van der Waals surface area contributed by atoms with Gasteiger partial charge in [0.2, 0.25) is 0 Å². The number of nitrogens with zero attached hydrogens (tertiary/aromatic N) is 1. The van der Waals surface area contributed by atoms with Crippen LogP contribution in [0.25, 0.3) is 0 Å². The number of hydrogen-bond acceptors (Lipinski definition) is 3. The first-order chi connectivity index (χ1) is 9.13. The van der Waals surface area contributed by atoms with Gasteiger partial charge in [-0.05, 0) is 18.1 Å². The summed E-state index contributed by atoms with van der Waals surface area (Å²) in [5.41, 5.74) is 8.08. The predicted molar refractivity (Wildman–Crippen MR) is 75.0 cm³/mol. The number of H-pyrrole nitrogens is 1. The van der Waals surface area contributed by atoms with Gasteiger partial charge in [-0.1, -0.05) is 36.7 Å². The topological polar surface area (TPSA) is 83.8 Å². The average molecular weight is 279 g/mol. The second kappa shape index (κ2) is 5.75. The molecule has 2 rings (SSSR count). The van der Waals surface area contributed by atoms with Crippen LogP contribution in [0.4, 0.5) is 5.69 Å². The van der Waals surface area contributed by atoms with Crippen molar-refractivity contribution in [3.8, 4) is 0 Å². The van der Waals surface area contributed by atoms with Gasteiger partial charge < -0.3 is 11.1 Å². The fraction of sp³-hybridized carbons (Fsp3) is 0.231. The van der Waals surface area contributed by atoms with E-state index in [-0.39, 0.29) is 11.6 Å². The zero-order valence-corrected chi connectivity index (χ0v) is 11.3. The van der Waals surface area contributed by atoms with Crippen LogP contribution < -0.4 is 11.1 Å². The van der Waals surface area contributed by atoms with Crippen molar-refractivity contribution >= 4 is 23.2 Å². The molecule has 0 bridgehead atoms. The molecule has 6 heteroatoms. The van der Waals surface area contributed by atoms with Crippen LogP contribution >= 0.6 is 11.6 Å². The minimum Gasteiger partial charge on any atom is -0.395 e. The molecule has 5 nitrogen and oxygen atoms in total. The maximum Gasteiger partial charge on any atom is 0.274 e. The van der Waals surface area contributed by atoms with Crippen molar-refractivity contribution < 1.29 is 4.79 Å². The molecule has 0 aliphatic heterocycles. The van der Waals surface area contributed by atoms with Crippen LogP contribution in [0.1, 0.15) is 28.7 Å². The van der Waals surface area contributed by atoms with Gasteiger partial charge in [0, 0.05) is 11.6 Å². The van der Waals surface area contributed by atoms with Gasteiger partial charge >= 0.3 is 0 Å². The summed E-state index contributed by atoms with van der Waals surface area (Å²) in [6, 6.07) is 7.34. The standard InChI is InChI=1S/C13H15ClN4O/c1-2-10-11(15)12(18-17-10)13(19)16-7-8-5-3-4-6-9(8)14/h3-6H,2,7,15H2,1H3,(H,16,19)(H,17,18). The van der Waals surface area contributed by atoms with E-state index in [1.54, 1.807) is 6.07 Å². The quantitative estimate of drug-likeness (QED) is 0.801. The van der Waals surface area contributed by atoms with Crippen molar-refractivity contribution in [2.75, 3.05) is 5.73 Å². The molecule has 0 unspecified atom stereocenters. The summed E-state index contributed by atoms with van der Waals surface area (Å²) in [7, 11) is 0. The summed E-state index contributed by atoms with van der Waals surface area (Å²) in [5, 5.41) is 10.0. The summed E-state index contributed by atoms with van der Waals surface area (Å²) in [6.45, 7) is 2.28. The number of halogens is 1. The molecule has 1 aromatic heterocycles. The molecule has 2 aromatic rings. The number of aryl methyl sites for hydroxylation is 1. The summed E-state index contributed by atoms with van der Waals surface area (Å²) < 4.78 is 0. The Labute approximate surface area is 116 Å². The van der Waals surface area contributed by atoms with Crippen LogP contribution in [-0.2, 0) is 13.0 Å². The number of rotatable bonds is 4. The molecule has 0 aliphatic carbocycles. The van der Waals surface area contributed by atoms with Crippen molar-refractivity contribution in [3.63, 3.8) is 0 Å². The molecule has 0 spiro atoms. The van der Waals surface area contributed by atoms with E-state index < -0.39 is 0 Å². The summed E-state index contributed by atoms with van der Waals surface area (Å²) in [6.07, 6.45) is 0.705. The molecule has 0 saturated carbocycles. The molecular formula is C13H15ClN4O. The van der Waals surface area contributed by atoms with Crippen molar-refractivity contribution in [2.24, 2.45) is 0 Å². The first-order valence-electron chi connectivity index (χ1n) is 5.97. The summed E-state index contributed by atoms with van der Waals surface area (Å²) in [4.78, 5) is 12.0. The molecule has 0 fully saturated rings. The van der Waals surface area contributed by atoms with Crippen LogP contribution in [0.3, 0.4) is 0 Å². The molecule has 0 atom stereocenters. The van der Waals surface area contributed by atoms with Crippen molar-refractivity contribution in [2.45, 2.75) is 19.9 Å². The summed E-state index contributed by atoms with van der Waals surface area (Å²) >= 11 is 6.01. The number of nitrogens with one attached hydrogen (secondary N) is 2. The first kappa shape index (κ1) is 13.4. The van der Waals surface area contributed by atoms with Gasteiger partial charge in [0.15, 0.2) is 5.69 Å². The Bertz CT molecular complexity index is 594. The van der Waals surface area contributed by atoms with E-state index in [9.17, 15) is 4.79 Å². The van der Waals surface area contributed by atoms with E-state index in [2.05, 4.69) is 15.5 Å². The van der Waals surface area contributed by atoms with Gasteiger partial charge in [0.25, 0.3) is 5.91 Å². The van der Waals surface area contributed by atoms with Crippen LogP contribution in [0.2, 0.25) is 5.02 Å². The molecule has 19 heavy (non-hydrogen) atoms. The Morgan fingerprint density at radius 2 is 2.21 bits per heavy atom. The fourth-order valence-corrected chi connectivity index (χ4v) is 1.93. The molecule has 0 saturated heterocycles. The number of carbonyl (C=O) groups excluding carboxylic acids is 1. The number of aromatic nitrogens is 2. The normalized spacial score (nSPS) is 10.4. The first-order valence-corrected chi connectivity index (χ1v) is 6.35. The molecule has 4 N–H and O–H groups in total. The lowest BCUT2D eigenvalue weighted by Crippen LogP contribution is -2.24. The van der Waals surface area contributed by atoms with Gasteiger partial charge in [0.05, 0.1) is 11.4 Å². The van der Waals surface area contributed by atoms with Gasteiger partial charge in [-0.3, -0.25) is 9.89 Å². The van der Waals surface area contributed by atoms with E-state index in [1.165, 1.54) is 0 Å². The van der Waals surface area contributed by atoms with E-state index in [4.69, 9.17) is 17.3 Å². The highest BCUT2D eigenvalue weighted by atomic mass is 35.5. The lowest BCUT2D eigenvalue weighted by Gasteiger charge is -2.05. The highest BCUT2D eigenvalue weighted by Gasteiger charge is 2.16. The van der Waals surface area contributed by atoms with Crippen molar-refractivity contribution in [1.82, 2.24) is 15.5 Å². The van der Waals surface area contributed by atoms with Gasteiger partial charge in [-0.15, -0.1) is 0 Å². The van der Waals surface area contributed by atoms with Crippen LogP contribution in [-0.4, -0.2) is 16.1 Å². The maximum absolute atomic E-state index is 12.0. The third-order valence-electron chi connectivity index (χ3n) is 2.85. The number of hydrogen-bond donors (Lipinski definition) is 3. The Kier molecular flexibility index (Phi) is 4.06. The zero-order chi connectivity index (χ0) is 13.8. The van der Waals surface area contributed by atoms with Crippen LogP contribution in [0.5, 0.6) is 0 Å². The number of benzene rings is 1. The smallest absolute Gasteiger partial charge is 0.274 e. The maximum atomic E-state index is 12.0. The Balaban J connectivity index is 2.06. The molecule has 1 amide bonds. The minimum atomic E-state index is -0.312. The molecule has 1 heterocycles. The highest BCUT2D eigenvalue weighted by molar-refractivity contribution is 6.31. The average Bonchev–Trinajstić information content (AvgIpc) is 2.78. The lowest BCUT2D eigenvalue weighted by atomic mass is 10.2. The number of anilines is 1. The van der Waals surface area contributed by atoms with E-state index >= 15 is 0 Å². The monoisotopic (exact) mass is 278 g/mol. The molecule has 0 radical (unpaired) electrons. The zero-order valence-electron chi connectivity index (χ0n) is 10.5. The second-order valence-electron chi connectivity index (χ2n) is 4.09. The Hall–Kier alpha value is -2.01. The van der Waals surface area contributed by atoms with E-state index in [0.717, 1.165) is 11.3 Å². The third-order valence-corrected chi connectivity index (χ3v) is 3.22. The number of nitrogen functional groups attached to an aromatic ring is 1. The molecule has 1 aromatic carbocycles.